The fraction of sp³-hybridized carbons (Fsp3) is 0.571. The zero-order valence-corrected chi connectivity index (χ0v) is 15.0. The summed E-state index contributed by atoms with van der Waals surface area (Å²) in [7, 11) is 0. The van der Waals surface area contributed by atoms with Crippen molar-refractivity contribution in [2.24, 2.45) is 23.2 Å². The molecule has 0 heterocycles. The fourth-order valence-corrected chi connectivity index (χ4v) is 5.64. The predicted octanol–water partition coefficient (Wildman–Crippen LogP) is 3.55. The normalized spacial score (nSPS) is 31.5. The van der Waals surface area contributed by atoms with Crippen LogP contribution in [-0.4, -0.2) is 24.3 Å². The van der Waals surface area contributed by atoms with Crippen LogP contribution in [0, 0.1) is 23.2 Å². The number of rotatable bonds is 5. The zero-order chi connectivity index (χ0) is 18.3. The molecule has 0 unspecified atom stereocenters. The third-order valence-electron chi connectivity index (χ3n) is 6.32. The molecule has 4 fully saturated rings. The molecule has 4 aliphatic carbocycles. The monoisotopic (exact) mass is 356 g/mol. The molecule has 26 heavy (non-hydrogen) atoms. The van der Waals surface area contributed by atoms with Gasteiger partial charge in [-0.2, -0.15) is 0 Å². The molecule has 0 N–H and O–H groups in total. The molecule has 4 saturated carbocycles. The topological polar surface area (TPSA) is 69.7 Å². The first-order valence-electron chi connectivity index (χ1n) is 9.42. The lowest BCUT2D eigenvalue weighted by atomic mass is 9.48. The van der Waals surface area contributed by atoms with Gasteiger partial charge < -0.3 is 9.47 Å². The van der Waals surface area contributed by atoms with Gasteiger partial charge in [-0.05, 0) is 80.5 Å². The summed E-state index contributed by atoms with van der Waals surface area (Å²) < 4.78 is 10.2. The van der Waals surface area contributed by atoms with Crippen LogP contribution in [0.15, 0.2) is 24.3 Å². The van der Waals surface area contributed by atoms with Crippen LogP contribution in [0.1, 0.15) is 55.8 Å². The van der Waals surface area contributed by atoms with Gasteiger partial charge in [-0.15, -0.1) is 0 Å². The van der Waals surface area contributed by atoms with Crippen molar-refractivity contribution in [2.45, 2.75) is 45.4 Å². The minimum absolute atomic E-state index is 0.0986. The van der Waals surface area contributed by atoms with Gasteiger partial charge >= 0.3 is 11.9 Å². The Morgan fingerprint density at radius 3 is 2.00 bits per heavy atom. The lowest BCUT2D eigenvalue weighted by molar-refractivity contribution is -0.147. The molecule has 5 rings (SSSR count). The molecule has 138 valence electrons. The second-order valence-electron chi connectivity index (χ2n) is 8.32. The average molecular weight is 356 g/mol. The van der Waals surface area contributed by atoms with Crippen molar-refractivity contribution in [1.29, 1.82) is 0 Å². The quantitative estimate of drug-likeness (QED) is 0.596. The van der Waals surface area contributed by atoms with E-state index in [1.807, 2.05) is 0 Å². The van der Waals surface area contributed by atoms with Crippen LogP contribution in [0.25, 0.3) is 0 Å². The standard InChI is InChI=1S/C21H24O5/c1-13(22)26-18-4-2-17(3-5-18)20(24)25-12-19(23)21-9-14-6-15(10-21)8-16(7-14)11-21/h2-5,14-16H,6-12H2,1H3. The maximum atomic E-state index is 12.9. The second kappa shape index (κ2) is 6.53. The second-order valence-corrected chi connectivity index (χ2v) is 8.32. The minimum Gasteiger partial charge on any atom is -0.454 e. The van der Waals surface area contributed by atoms with Crippen molar-refractivity contribution in [1.82, 2.24) is 0 Å². The molecule has 4 bridgehead atoms. The van der Waals surface area contributed by atoms with Crippen LogP contribution < -0.4 is 4.74 Å². The molecule has 1 aromatic rings. The van der Waals surface area contributed by atoms with Crippen LogP contribution in [0.4, 0.5) is 0 Å². The number of hydrogen-bond acceptors (Lipinski definition) is 5. The van der Waals surface area contributed by atoms with Crippen molar-refractivity contribution in [3.8, 4) is 5.75 Å². The molecular formula is C21H24O5. The Morgan fingerprint density at radius 1 is 0.962 bits per heavy atom. The maximum absolute atomic E-state index is 12.9. The number of esters is 2. The smallest absolute Gasteiger partial charge is 0.338 e. The Morgan fingerprint density at radius 2 is 1.50 bits per heavy atom. The molecule has 0 saturated heterocycles. The Balaban J connectivity index is 1.36. The van der Waals surface area contributed by atoms with E-state index in [-0.39, 0.29) is 17.8 Å². The van der Waals surface area contributed by atoms with Crippen LogP contribution in [0.2, 0.25) is 0 Å². The molecule has 5 nitrogen and oxygen atoms in total. The predicted molar refractivity (Wildman–Crippen MR) is 93.6 cm³/mol. The summed E-state index contributed by atoms with van der Waals surface area (Å²) in [4.78, 5) is 36.0. The Bertz CT molecular complexity index is 698. The molecule has 4 aliphatic rings. The first kappa shape index (κ1) is 17.3. The zero-order valence-electron chi connectivity index (χ0n) is 15.0. The maximum Gasteiger partial charge on any atom is 0.338 e. The van der Waals surface area contributed by atoms with E-state index in [1.165, 1.54) is 38.3 Å². The minimum atomic E-state index is -0.516. The number of Topliss-reactive ketones (excluding diaryl/α,β-unsaturated/α-hetero) is 1. The first-order valence-corrected chi connectivity index (χ1v) is 9.42. The van der Waals surface area contributed by atoms with Crippen molar-refractivity contribution >= 4 is 17.7 Å². The number of carbonyl (C=O) groups excluding carboxylic acids is 3. The van der Waals surface area contributed by atoms with Gasteiger partial charge in [0.05, 0.1) is 5.56 Å². The summed E-state index contributed by atoms with van der Waals surface area (Å²) >= 11 is 0. The summed E-state index contributed by atoms with van der Waals surface area (Å²) in [6.45, 7) is 1.18. The molecule has 0 amide bonds. The average Bonchev–Trinajstić information content (AvgIpc) is 2.58. The van der Waals surface area contributed by atoms with Gasteiger partial charge in [-0.3, -0.25) is 9.59 Å². The molecular weight excluding hydrogens is 332 g/mol. The summed E-state index contributed by atoms with van der Waals surface area (Å²) in [6.07, 6.45) is 6.77. The lowest BCUT2D eigenvalue weighted by Crippen LogP contribution is -2.51. The first-order chi connectivity index (χ1) is 12.4. The van der Waals surface area contributed by atoms with Gasteiger partial charge in [-0.1, -0.05) is 0 Å². The van der Waals surface area contributed by atoms with Gasteiger partial charge in [0.1, 0.15) is 5.75 Å². The largest absolute Gasteiger partial charge is 0.454 e. The van der Waals surface area contributed by atoms with Crippen LogP contribution in [-0.2, 0) is 14.3 Å². The van der Waals surface area contributed by atoms with E-state index in [9.17, 15) is 14.4 Å². The SMILES string of the molecule is CC(=O)Oc1ccc(C(=O)OCC(=O)C23CC4CC(CC(C4)C2)C3)cc1. The molecule has 0 aliphatic heterocycles. The van der Waals surface area contributed by atoms with Gasteiger partial charge in [-0.25, -0.2) is 4.79 Å². The summed E-state index contributed by atoms with van der Waals surface area (Å²) in [5.74, 6) is 1.61. The van der Waals surface area contributed by atoms with E-state index in [1.54, 1.807) is 12.1 Å². The molecule has 0 aromatic heterocycles. The molecule has 0 atom stereocenters. The lowest BCUT2D eigenvalue weighted by Gasteiger charge is -2.55. The van der Waals surface area contributed by atoms with Gasteiger partial charge in [0, 0.05) is 12.3 Å². The number of carbonyl (C=O) groups is 3. The number of ether oxygens (including phenoxy) is 2. The Kier molecular flexibility index (Phi) is 4.33. The number of hydrogen-bond donors (Lipinski definition) is 0. The van der Waals surface area contributed by atoms with Crippen molar-refractivity contribution in [3.05, 3.63) is 29.8 Å². The fourth-order valence-electron chi connectivity index (χ4n) is 5.64. The summed E-state index contributed by atoms with van der Waals surface area (Å²) in [5, 5.41) is 0. The highest BCUT2D eigenvalue weighted by molar-refractivity contribution is 5.93. The van der Waals surface area contributed by atoms with Crippen LogP contribution in [0.3, 0.4) is 0 Å². The van der Waals surface area contributed by atoms with Crippen molar-refractivity contribution in [3.63, 3.8) is 0 Å². The third kappa shape index (κ3) is 3.27. The molecule has 1 aromatic carbocycles. The van der Waals surface area contributed by atoms with Crippen molar-refractivity contribution in [2.75, 3.05) is 6.61 Å². The van der Waals surface area contributed by atoms with Crippen molar-refractivity contribution < 1.29 is 23.9 Å². The Hall–Kier alpha value is -2.17. The van der Waals surface area contributed by atoms with Gasteiger partial charge in [0.25, 0.3) is 0 Å². The molecule has 0 radical (unpaired) electrons. The molecule has 0 spiro atoms. The highest BCUT2D eigenvalue weighted by Crippen LogP contribution is 2.60. The van der Waals surface area contributed by atoms with Crippen LogP contribution >= 0.6 is 0 Å². The number of benzene rings is 1. The van der Waals surface area contributed by atoms with Crippen LogP contribution in [0.5, 0.6) is 5.75 Å². The third-order valence-corrected chi connectivity index (χ3v) is 6.32. The summed E-state index contributed by atoms with van der Waals surface area (Å²) in [6, 6.07) is 6.16. The van der Waals surface area contributed by atoms with Gasteiger partial charge in [0.2, 0.25) is 0 Å². The summed E-state index contributed by atoms with van der Waals surface area (Å²) in [5.41, 5.74) is 0.105. The Labute approximate surface area is 153 Å². The van der Waals surface area contributed by atoms with E-state index in [0.29, 0.717) is 29.1 Å². The van der Waals surface area contributed by atoms with E-state index in [2.05, 4.69) is 0 Å². The van der Waals surface area contributed by atoms with E-state index < -0.39 is 11.9 Å². The van der Waals surface area contributed by atoms with E-state index >= 15 is 0 Å². The van der Waals surface area contributed by atoms with Gasteiger partial charge in [0.15, 0.2) is 12.4 Å². The highest BCUT2D eigenvalue weighted by atomic mass is 16.5. The van der Waals surface area contributed by atoms with E-state index in [0.717, 1.165) is 19.3 Å². The molecule has 5 heteroatoms. The number of ketones is 1. The highest BCUT2D eigenvalue weighted by Gasteiger charge is 2.54. The van der Waals surface area contributed by atoms with E-state index in [4.69, 9.17) is 9.47 Å².